The average Bonchev–Trinajstić information content (AvgIpc) is 3.29. The highest BCUT2D eigenvalue weighted by molar-refractivity contribution is 6.06. The van der Waals surface area contributed by atoms with Crippen molar-refractivity contribution in [1.29, 1.82) is 0 Å². The fraction of sp³-hybridized carbons (Fsp3) is 0.385. The molecule has 0 bridgehead atoms. The molecule has 7 heteroatoms. The summed E-state index contributed by atoms with van der Waals surface area (Å²) in [5.74, 6) is 2.22. The van der Waals surface area contributed by atoms with Gasteiger partial charge in [-0.05, 0) is 57.0 Å². The lowest BCUT2D eigenvalue weighted by Gasteiger charge is -2.38. The van der Waals surface area contributed by atoms with Crippen LogP contribution in [0.5, 0.6) is 11.5 Å². The smallest absolute Gasteiger partial charge is 0.235 e. The van der Waals surface area contributed by atoms with Crippen molar-refractivity contribution >= 4 is 11.6 Å². The number of likely N-dealkylation sites (tertiary alicyclic amines) is 1. The molecule has 1 saturated heterocycles. The van der Waals surface area contributed by atoms with Crippen LogP contribution in [0, 0.1) is 13.8 Å². The number of anilines is 1. The summed E-state index contributed by atoms with van der Waals surface area (Å²) in [5, 5.41) is 7.17. The molecular weight excluding hydrogens is 418 g/mol. The largest absolute Gasteiger partial charge is 0.493 e. The van der Waals surface area contributed by atoms with Gasteiger partial charge in [0.15, 0.2) is 11.5 Å². The molecular formula is C26H29N3O4. The van der Waals surface area contributed by atoms with Gasteiger partial charge in [0.25, 0.3) is 0 Å². The van der Waals surface area contributed by atoms with E-state index < -0.39 is 5.41 Å². The van der Waals surface area contributed by atoms with Crippen LogP contribution in [0.4, 0.5) is 5.69 Å². The lowest BCUT2D eigenvalue weighted by atomic mass is 9.73. The number of amides is 1. The number of hydrogen-bond donors (Lipinski definition) is 1. The van der Waals surface area contributed by atoms with Crippen LogP contribution < -0.4 is 14.8 Å². The second-order valence-corrected chi connectivity index (χ2v) is 8.94. The van der Waals surface area contributed by atoms with E-state index in [0.29, 0.717) is 18.1 Å². The Bertz CT molecular complexity index is 1140. The lowest BCUT2D eigenvalue weighted by molar-refractivity contribution is -0.122. The molecule has 1 amide bonds. The maximum absolute atomic E-state index is 13.2. The van der Waals surface area contributed by atoms with Crippen molar-refractivity contribution in [2.24, 2.45) is 0 Å². The number of rotatable bonds is 6. The fourth-order valence-electron chi connectivity index (χ4n) is 4.97. The van der Waals surface area contributed by atoms with Gasteiger partial charge in [-0.1, -0.05) is 35.5 Å². The first-order valence-electron chi connectivity index (χ1n) is 11.3. The molecule has 1 aromatic heterocycles. The third kappa shape index (κ3) is 3.86. The maximum Gasteiger partial charge on any atom is 0.235 e. The minimum atomic E-state index is -0.532. The van der Waals surface area contributed by atoms with Gasteiger partial charge in [0.1, 0.15) is 12.4 Å². The van der Waals surface area contributed by atoms with Crippen molar-refractivity contribution in [2.75, 3.05) is 25.5 Å². The van der Waals surface area contributed by atoms with Crippen LogP contribution in [0.3, 0.4) is 0 Å². The molecule has 7 nitrogen and oxygen atoms in total. The van der Waals surface area contributed by atoms with E-state index in [2.05, 4.69) is 15.4 Å². The molecule has 3 aromatic rings. The molecule has 0 atom stereocenters. The van der Waals surface area contributed by atoms with E-state index in [1.165, 1.54) is 0 Å². The predicted molar refractivity (Wildman–Crippen MR) is 125 cm³/mol. The number of carbonyl (C=O) groups excluding carboxylic acids is 1. The number of carbonyl (C=O) groups is 1. The Hall–Kier alpha value is -3.32. The molecule has 0 aliphatic carbocycles. The van der Waals surface area contributed by atoms with Crippen LogP contribution in [-0.2, 0) is 23.4 Å². The van der Waals surface area contributed by atoms with Gasteiger partial charge >= 0.3 is 0 Å². The van der Waals surface area contributed by atoms with Crippen molar-refractivity contribution < 1.29 is 18.8 Å². The summed E-state index contributed by atoms with van der Waals surface area (Å²) in [5.41, 5.74) is 4.45. The molecule has 0 unspecified atom stereocenters. The van der Waals surface area contributed by atoms with E-state index in [4.69, 9.17) is 14.0 Å². The average molecular weight is 448 g/mol. The predicted octanol–water partition coefficient (Wildman–Crippen LogP) is 4.36. The first kappa shape index (κ1) is 21.5. The van der Waals surface area contributed by atoms with E-state index in [9.17, 15) is 4.79 Å². The normalized spacial score (nSPS) is 17.1. The van der Waals surface area contributed by atoms with E-state index in [0.717, 1.165) is 66.3 Å². The van der Waals surface area contributed by atoms with Crippen molar-refractivity contribution in [3.05, 3.63) is 70.6 Å². The number of aryl methyl sites for hydroxylation is 2. The van der Waals surface area contributed by atoms with Gasteiger partial charge in [0.2, 0.25) is 5.91 Å². The molecule has 5 rings (SSSR count). The Morgan fingerprint density at radius 1 is 1.12 bits per heavy atom. The molecule has 0 radical (unpaired) electrons. The van der Waals surface area contributed by atoms with Gasteiger partial charge in [-0.2, -0.15) is 0 Å². The van der Waals surface area contributed by atoms with E-state index in [-0.39, 0.29) is 5.91 Å². The zero-order valence-electron chi connectivity index (χ0n) is 19.3. The summed E-state index contributed by atoms with van der Waals surface area (Å²) >= 11 is 0. The molecule has 1 N–H and O–H groups in total. The van der Waals surface area contributed by atoms with Gasteiger partial charge in [-0.15, -0.1) is 0 Å². The van der Waals surface area contributed by atoms with Gasteiger partial charge in [0.05, 0.1) is 18.2 Å². The number of piperidine rings is 1. The summed E-state index contributed by atoms with van der Waals surface area (Å²) in [4.78, 5) is 15.6. The third-order valence-electron chi connectivity index (χ3n) is 7.01. The van der Waals surface area contributed by atoms with E-state index >= 15 is 0 Å². The van der Waals surface area contributed by atoms with Crippen LogP contribution in [0.2, 0.25) is 0 Å². The zero-order chi connectivity index (χ0) is 23.0. The van der Waals surface area contributed by atoms with E-state index in [1.807, 2.05) is 56.3 Å². The number of benzene rings is 2. The molecule has 33 heavy (non-hydrogen) atoms. The van der Waals surface area contributed by atoms with Crippen molar-refractivity contribution in [3.63, 3.8) is 0 Å². The SMILES string of the molecule is COc1cc2c(cc1OCc1ccccc1)NC(=O)C21CCN(Cc2c(C)noc2C)CC1. The van der Waals surface area contributed by atoms with Crippen LogP contribution >= 0.6 is 0 Å². The number of aromatic nitrogens is 1. The number of methoxy groups -OCH3 is 1. The summed E-state index contributed by atoms with van der Waals surface area (Å²) in [6, 6.07) is 13.9. The highest BCUT2D eigenvalue weighted by Crippen LogP contribution is 2.49. The summed E-state index contributed by atoms with van der Waals surface area (Å²) in [7, 11) is 1.64. The highest BCUT2D eigenvalue weighted by Gasteiger charge is 2.49. The number of hydrogen-bond acceptors (Lipinski definition) is 6. The van der Waals surface area contributed by atoms with E-state index in [1.54, 1.807) is 7.11 Å². The molecule has 2 aliphatic rings. The monoisotopic (exact) mass is 447 g/mol. The quantitative estimate of drug-likeness (QED) is 0.605. The molecule has 0 saturated carbocycles. The Kier molecular flexibility index (Phi) is 5.58. The summed E-state index contributed by atoms with van der Waals surface area (Å²) in [6.07, 6.45) is 1.51. The topological polar surface area (TPSA) is 76.8 Å². The number of ether oxygens (including phenoxy) is 2. The van der Waals surface area contributed by atoms with Gasteiger partial charge in [0, 0.05) is 23.9 Å². The Labute approximate surface area is 193 Å². The minimum Gasteiger partial charge on any atom is -0.493 e. The number of fused-ring (bicyclic) bond motifs is 2. The molecule has 3 heterocycles. The van der Waals surface area contributed by atoms with Crippen molar-refractivity contribution in [3.8, 4) is 11.5 Å². The second kappa shape index (κ2) is 8.56. The highest BCUT2D eigenvalue weighted by atomic mass is 16.5. The molecule has 2 aliphatic heterocycles. The Morgan fingerprint density at radius 3 is 2.55 bits per heavy atom. The van der Waals surface area contributed by atoms with Crippen LogP contribution in [-0.4, -0.2) is 36.2 Å². The Morgan fingerprint density at radius 2 is 1.88 bits per heavy atom. The lowest BCUT2D eigenvalue weighted by Crippen LogP contribution is -2.46. The van der Waals surface area contributed by atoms with Crippen LogP contribution in [0.25, 0.3) is 0 Å². The number of nitrogens with one attached hydrogen (secondary N) is 1. The van der Waals surface area contributed by atoms with Crippen LogP contribution in [0.1, 0.15) is 41.0 Å². The molecule has 172 valence electrons. The maximum atomic E-state index is 13.2. The second-order valence-electron chi connectivity index (χ2n) is 8.94. The van der Waals surface area contributed by atoms with Crippen molar-refractivity contribution in [2.45, 2.75) is 45.3 Å². The molecule has 2 aromatic carbocycles. The van der Waals surface area contributed by atoms with Gasteiger partial charge < -0.3 is 19.3 Å². The van der Waals surface area contributed by atoms with Crippen LogP contribution in [0.15, 0.2) is 47.0 Å². The molecule has 1 fully saturated rings. The minimum absolute atomic E-state index is 0.0664. The first-order chi connectivity index (χ1) is 16.0. The standard InChI is InChI=1S/C26H29N3O4/c1-17-20(18(2)33-28-17)15-29-11-9-26(10-12-29)21-13-23(31-3)24(14-22(21)27-25(26)30)32-16-19-7-5-4-6-8-19/h4-8,13-14H,9-12,15-16H2,1-3H3,(H,27,30). The fourth-order valence-corrected chi connectivity index (χ4v) is 4.97. The van der Waals surface area contributed by atoms with Crippen molar-refractivity contribution in [1.82, 2.24) is 10.1 Å². The summed E-state index contributed by atoms with van der Waals surface area (Å²) in [6.45, 7) is 6.80. The molecule has 1 spiro atoms. The zero-order valence-corrected chi connectivity index (χ0v) is 19.3. The number of nitrogens with zero attached hydrogens (tertiary/aromatic N) is 2. The summed E-state index contributed by atoms with van der Waals surface area (Å²) < 4.78 is 17.0. The van der Waals surface area contributed by atoms with Gasteiger partial charge in [-0.3, -0.25) is 9.69 Å². The first-order valence-corrected chi connectivity index (χ1v) is 11.3. The van der Waals surface area contributed by atoms with Gasteiger partial charge in [-0.25, -0.2) is 0 Å². The Balaban J connectivity index is 1.34. The third-order valence-corrected chi connectivity index (χ3v) is 7.01.